The van der Waals surface area contributed by atoms with Crippen LogP contribution >= 0.6 is 11.8 Å². The van der Waals surface area contributed by atoms with Crippen LogP contribution in [0.2, 0.25) is 0 Å². The Bertz CT molecular complexity index is 1280. The highest BCUT2D eigenvalue weighted by Gasteiger charge is 2.32. The second-order valence-electron chi connectivity index (χ2n) is 7.60. The number of aromatic nitrogens is 3. The van der Waals surface area contributed by atoms with E-state index in [2.05, 4.69) is 31.8 Å². The van der Waals surface area contributed by atoms with Crippen molar-refractivity contribution < 1.29 is 22.6 Å². The molecule has 0 unspecified atom stereocenters. The summed E-state index contributed by atoms with van der Waals surface area (Å²) in [6, 6.07) is 11.1. The molecule has 0 aromatic carbocycles. The Balaban J connectivity index is 1.69. The number of hydrogen-bond acceptors (Lipinski definition) is 9. The zero-order chi connectivity index (χ0) is 25.5. The number of nitrogens with zero attached hydrogens (tertiary/aromatic N) is 6. The van der Waals surface area contributed by atoms with Crippen molar-refractivity contribution >= 4 is 17.6 Å². The van der Waals surface area contributed by atoms with E-state index < -0.39 is 12.8 Å². The first kappa shape index (κ1) is 25.2. The van der Waals surface area contributed by atoms with Crippen LogP contribution in [0.25, 0.3) is 11.3 Å². The summed E-state index contributed by atoms with van der Waals surface area (Å²) >= 11 is 1.31. The van der Waals surface area contributed by atoms with E-state index in [1.54, 1.807) is 35.5 Å². The van der Waals surface area contributed by atoms with Crippen molar-refractivity contribution in [1.82, 2.24) is 15.0 Å². The fraction of sp³-hybridized carbons (Fsp3) is 0.292. The van der Waals surface area contributed by atoms with E-state index in [4.69, 9.17) is 4.74 Å². The van der Waals surface area contributed by atoms with Crippen molar-refractivity contribution in [2.75, 3.05) is 31.2 Å². The van der Waals surface area contributed by atoms with Crippen molar-refractivity contribution in [3.05, 3.63) is 59.5 Å². The van der Waals surface area contributed by atoms with Gasteiger partial charge in [-0.1, -0.05) is 6.07 Å². The average Bonchev–Trinajstić information content (AvgIpc) is 2.88. The number of halogens is 3. The van der Waals surface area contributed by atoms with Crippen LogP contribution in [0.5, 0.6) is 5.75 Å². The van der Waals surface area contributed by atoms with Crippen molar-refractivity contribution in [2.24, 2.45) is 0 Å². The van der Waals surface area contributed by atoms with Gasteiger partial charge in [0.25, 0.3) is 0 Å². The fourth-order valence-corrected chi connectivity index (χ4v) is 4.41. The molecule has 0 spiro atoms. The Kier molecular flexibility index (Phi) is 8.21. The van der Waals surface area contributed by atoms with Crippen LogP contribution in [-0.2, 0) is 10.5 Å². The molecule has 0 N–H and O–H groups in total. The Morgan fingerprint density at radius 1 is 1.11 bits per heavy atom. The molecular formula is C24H19F3N6O2S. The van der Waals surface area contributed by atoms with E-state index in [1.165, 1.54) is 18.0 Å². The highest BCUT2D eigenvalue weighted by Crippen LogP contribution is 2.39. The number of thioether (sulfide) groups is 1. The predicted molar refractivity (Wildman–Crippen MR) is 125 cm³/mol. The molecule has 3 aromatic heterocycles. The molecule has 0 aliphatic carbocycles. The maximum absolute atomic E-state index is 13.7. The minimum Gasteiger partial charge on any atom is -0.490 e. The van der Waals surface area contributed by atoms with E-state index in [-0.39, 0.29) is 43.0 Å². The van der Waals surface area contributed by atoms with Crippen LogP contribution in [-0.4, -0.2) is 54.0 Å². The lowest BCUT2D eigenvalue weighted by Gasteiger charge is -2.36. The second-order valence-corrected chi connectivity index (χ2v) is 8.56. The lowest BCUT2D eigenvalue weighted by Crippen LogP contribution is -2.49. The highest BCUT2D eigenvalue weighted by atomic mass is 32.2. The van der Waals surface area contributed by atoms with Crippen LogP contribution in [0.4, 0.5) is 19.0 Å². The SMILES string of the molecule is N#Cc1c(SCc2cccnc2)nc(N2CC(F)C2)c(C#N)c1-c1ccc(OCCOC(F)F)cn1. The zero-order valence-corrected chi connectivity index (χ0v) is 19.6. The molecule has 0 saturated carbocycles. The molecule has 0 atom stereocenters. The third kappa shape index (κ3) is 5.85. The van der Waals surface area contributed by atoms with Gasteiger partial charge in [0, 0.05) is 23.7 Å². The Hall–Kier alpha value is -3.87. The van der Waals surface area contributed by atoms with Gasteiger partial charge in [0.15, 0.2) is 0 Å². The summed E-state index contributed by atoms with van der Waals surface area (Å²) in [5.74, 6) is 1.07. The lowest BCUT2D eigenvalue weighted by molar-refractivity contribution is -0.133. The fourth-order valence-electron chi connectivity index (χ4n) is 3.49. The van der Waals surface area contributed by atoms with E-state index >= 15 is 0 Å². The summed E-state index contributed by atoms with van der Waals surface area (Å²) in [5, 5.41) is 20.4. The maximum Gasteiger partial charge on any atom is 0.345 e. The van der Waals surface area contributed by atoms with E-state index in [9.17, 15) is 23.7 Å². The number of ether oxygens (including phenoxy) is 2. The average molecular weight is 513 g/mol. The maximum atomic E-state index is 13.7. The molecule has 184 valence electrons. The summed E-state index contributed by atoms with van der Waals surface area (Å²) in [6.45, 7) is -3.09. The third-order valence-electron chi connectivity index (χ3n) is 5.19. The van der Waals surface area contributed by atoms with Gasteiger partial charge in [-0.25, -0.2) is 9.37 Å². The Labute approximate surface area is 209 Å². The first-order valence-corrected chi connectivity index (χ1v) is 11.8. The molecule has 0 bridgehead atoms. The molecule has 12 heteroatoms. The number of pyridine rings is 3. The molecule has 4 heterocycles. The lowest BCUT2D eigenvalue weighted by atomic mass is 9.99. The molecule has 0 amide bonds. The van der Waals surface area contributed by atoms with Gasteiger partial charge < -0.3 is 14.4 Å². The monoisotopic (exact) mass is 512 g/mol. The highest BCUT2D eigenvalue weighted by molar-refractivity contribution is 7.98. The van der Waals surface area contributed by atoms with E-state index in [0.717, 1.165) is 5.56 Å². The first-order valence-electron chi connectivity index (χ1n) is 10.8. The van der Waals surface area contributed by atoms with Crippen molar-refractivity contribution in [2.45, 2.75) is 23.6 Å². The van der Waals surface area contributed by atoms with Gasteiger partial charge >= 0.3 is 6.61 Å². The van der Waals surface area contributed by atoms with Gasteiger partial charge in [-0.05, 0) is 23.8 Å². The quantitative estimate of drug-likeness (QED) is 0.289. The van der Waals surface area contributed by atoms with E-state index in [0.29, 0.717) is 28.0 Å². The number of alkyl halides is 3. The van der Waals surface area contributed by atoms with Crippen LogP contribution in [0, 0.1) is 22.7 Å². The smallest absolute Gasteiger partial charge is 0.345 e. The summed E-state index contributed by atoms with van der Waals surface area (Å²) < 4.78 is 47.3. The van der Waals surface area contributed by atoms with Crippen molar-refractivity contribution in [3.8, 4) is 29.1 Å². The number of hydrogen-bond donors (Lipinski definition) is 0. The second kappa shape index (κ2) is 11.7. The summed E-state index contributed by atoms with van der Waals surface area (Å²) in [7, 11) is 0. The topological polar surface area (TPSA) is 108 Å². The van der Waals surface area contributed by atoms with Gasteiger partial charge in [0.05, 0.1) is 37.2 Å². The molecule has 1 aliphatic heterocycles. The summed E-state index contributed by atoms with van der Waals surface area (Å²) in [5.41, 5.74) is 1.82. The van der Waals surface area contributed by atoms with Gasteiger partial charge in [0.2, 0.25) is 0 Å². The number of nitriles is 2. The molecule has 8 nitrogen and oxygen atoms in total. The normalized spacial score (nSPS) is 13.2. The largest absolute Gasteiger partial charge is 0.490 e. The molecule has 36 heavy (non-hydrogen) atoms. The molecule has 1 aliphatic rings. The van der Waals surface area contributed by atoms with Gasteiger partial charge in [0.1, 0.15) is 47.1 Å². The molecule has 0 radical (unpaired) electrons. The van der Waals surface area contributed by atoms with Crippen LogP contribution < -0.4 is 9.64 Å². The number of anilines is 1. The van der Waals surface area contributed by atoms with E-state index in [1.807, 2.05) is 6.07 Å². The molecule has 1 saturated heterocycles. The van der Waals surface area contributed by atoms with Gasteiger partial charge in [-0.15, -0.1) is 11.8 Å². The van der Waals surface area contributed by atoms with Gasteiger partial charge in [-0.2, -0.15) is 19.3 Å². The standard InChI is InChI=1S/C24H19F3N6O2S/c25-16-12-33(13-16)22-18(8-28)21(20-4-3-17(11-31-20)34-6-7-35-24(26)27)19(9-29)23(32-22)36-14-15-2-1-5-30-10-15/h1-5,10-11,16,24H,6-7,12-14H2. The molecule has 4 rings (SSSR count). The Morgan fingerprint density at radius 3 is 2.53 bits per heavy atom. The summed E-state index contributed by atoms with van der Waals surface area (Å²) in [6.07, 6.45) is 3.71. The number of rotatable bonds is 10. The molecule has 3 aromatic rings. The molecule has 1 fully saturated rings. The predicted octanol–water partition coefficient (Wildman–Crippen LogP) is 4.35. The Morgan fingerprint density at radius 2 is 1.92 bits per heavy atom. The van der Waals surface area contributed by atoms with Gasteiger partial charge in [-0.3, -0.25) is 9.97 Å². The van der Waals surface area contributed by atoms with Crippen LogP contribution in [0.3, 0.4) is 0 Å². The molecular weight excluding hydrogens is 493 g/mol. The van der Waals surface area contributed by atoms with Crippen molar-refractivity contribution in [1.29, 1.82) is 10.5 Å². The third-order valence-corrected chi connectivity index (χ3v) is 6.24. The van der Waals surface area contributed by atoms with Crippen LogP contribution in [0.1, 0.15) is 16.7 Å². The van der Waals surface area contributed by atoms with Crippen molar-refractivity contribution in [3.63, 3.8) is 0 Å². The zero-order valence-electron chi connectivity index (χ0n) is 18.8. The first-order chi connectivity index (χ1) is 17.5. The minimum atomic E-state index is -2.88. The van der Waals surface area contributed by atoms with Crippen LogP contribution in [0.15, 0.2) is 47.9 Å². The summed E-state index contributed by atoms with van der Waals surface area (Å²) in [4.78, 5) is 14.7. The minimum absolute atomic E-state index is 0.0978.